The Hall–Kier alpha value is -5.82. The van der Waals surface area contributed by atoms with Gasteiger partial charge in [-0.15, -0.1) is 0 Å². The van der Waals surface area contributed by atoms with Gasteiger partial charge in [0.15, 0.2) is 11.6 Å². The molecule has 0 saturated heterocycles. The van der Waals surface area contributed by atoms with Crippen molar-refractivity contribution >= 4 is 69.2 Å². The third-order valence-electron chi connectivity index (χ3n) is 9.05. The molecule has 7 aromatic rings. The fraction of sp³-hybridized carbons (Fsp3) is 0. The van der Waals surface area contributed by atoms with Crippen molar-refractivity contribution in [2.45, 2.75) is 19.6 Å². The number of hydrogen-bond acceptors (Lipinski definition) is 6. The van der Waals surface area contributed by atoms with E-state index in [0.29, 0.717) is 22.3 Å². The van der Waals surface area contributed by atoms with Crippen molar-refractivity contribution < 1.29 is 9.59 Å². The van der Waals surface area contributed by atoms with E-state index in [4.69, 9.17) is 0 Å². The van der Waals surface area contributed by atoms with Crippen LogP contribution in [-0.2, 0) is 0 Å². The molecule has 2 heterocycles. The largest absolute Gasteiger partial charge is 0.308 e. The lowest BCUT2D eigenvalue weighted by molar-refractivity contribution is 0.102. The minimum absolute atomic E-state index is 0.0878. The maximum atomic E-state index is 13.5. The Kier molecular flexibility index (Phi) is 7.61. The smallest absolute Gasteiger partial charge is 0.193 e. The molecule has 0 atom stereocenters. The quantitative estimate of drug-likeness (QED) is 0.163. The number of ketones is 2. The summed E-state index contributed by atoms with van der Waals surface area (Å²) in [6.45, 7) is 0. The molecular formula is C44H28N2O2S2. The third kappa shape index (κ3) is 5.30. The Bertz CT molecular complexity index is 2160. The molecule has 50 heavy (non-hydrogen) atoms. The molecule has 0 fully saturated rings. The van der Waals surface area contributed by atoms with Crippen molar-refractivity contribution in [3.05, 3.63) is 192 Å². The van der Waals surface area contributed by atoms with Crippen LogP contribution >= 0.6 is 23.5 Å². The number of hydrogen-bond donors (Lipinski definition) is 0. The van der Waals surface area contributed by atoms with Crippen LogP contribution in [0.3, 0.4) is 0 Å². The van der Waals surface area contributed by atoms with Crippen LogP contribution in [0.2, 0.25) is 0 Å². The number of anilines is 6. The summed E-state index contributed by atoms with van der Waals surface area (Å²) in [6.07, 6.45) is 0. The SMILES string of the molecule is O=C(c1ccc(C(=O)c2ccc(N3c4ccccc4Sc4ccccc43)cc2)cc1)c1ccc(N2c3ccccc3Sc3ccccc32)cc1. The molecule has 0 N–H and O–H groups in total. The Morgan fingerprint density at radius 3 is 0.840 bits per heavy atom. The molecule has 0 saturated carbocycles. The zero-order valence-corrected chi connectivity index (χ0v) is 28.3. The number of nitrogens with zero attached hydrogens (tertiary/aromatic N) is 2. The number of fused-ring (bicyclic) bond motifs is 4. The van der Waals surface area contributed by atoms with Crippen molar-refractivity contribution in [2.24, 2.45) is 0 Å². The van der Waals surface area contributed by atoms with Gasteiger partial charge in [0.25, 0.3) is 0 Å². The topological polar surface area (TPSA) is 40.6 Å². The van der Waals surface area contributed by atoms with Crippen LogP contribution in [-0.4, -0.2) is 11.6 Å². The van der Waals surface area contributed by atoms with Gasteiger partial charge in [0.2, 0.25) is 0 Å². The highest BCUT2D eigenvalue weighted by Crippen LogP contribution is 2.52. The summed E-state index contributed by atoms with van der Waals surface area (Å²) >= 11 is 3.53. The summed E-state index contributed by atoms with van der Waals surface area (Å²) in [4.78, 5) is 36.3. The first-order chi connectivity index (χ1) is 24.6. The average molecular weight is 681 g/mol. The maximum Gasteiger partial charge on any atom is 0.193 e. The molecule has 7 aromatic carbocycles. The van der Waals surface area contributed by atoms with E-state index in [0.717, 1.165) is 34.1 Å². The van der Waals surface area contributed by atoms with Gasteiger partial charge in [-0.05, 0) is 97.1 Å². The second kappa shape index (κ2) is 12.6. The predicted octanol–water partition coefficient (Wildman–Crippen LogP) is 12.0. The summed E-state index contributed by atoms with van der Waals surface area (Å²) < 4.78 is 0. The lowest BCUT2D eigenvalue weighted by Crippen LogP contribution is -2.15. The Morgan fingerprint density at radius 2 is 0.560 bits per heavy atom. The van der Waals surface area contributed by atoms with Gasteiger partial charge in [-0.2, -0.15) is 0 Å². The van der Waals surface area contributed by atoms with Crippen LogP contribution in [0.1, 0.15) is 31.8 Å². The Labute approximate surface area is 299 Å². The van der Waals surface area contributed by atoms with Gasteiger partial charge in [-0.1, -0.05) is 96.3 Å². The standard InChI is InChI=1S/C44H28N2O2S2/c47-43(31-21-25-33(26-22-31)45-35-9-1-5-13-39(35)49-40-14-6-2-10-36(40)45)29-17-19-30(20-18-29)44(48)32-23-27-34(28-24-32)46-37-11-3-7-15-41(37)50-42-16-8-4-12-38(42)46/h1-28H. The minimum atomic E-state index is -0.0878. The average Bonchev–Trinajstić information content (AvgIpc) is 3.18. The van der Waals surface area contributed by atoms with Gasteiger partial charge in [-0.25, -0.2) is 0 Å². The molecule has 0 radical (unpaired) electrons. The molecule has 0 spiro atoms. The van der Waals surface area contributed by atoms with Crippen LogP contribution in [0.25, 0.3) is 0 Å². The second-order valence-corrected chi connectivity index (χ2v) is 14.2. The van der Waals surface area contributed by atoms with Crippen molar-refractivity contribution in [1.29, 1.82) is 0 Å². The van der Waals surface area contributed by atoms with E-state index in [1.165, 1.54) is 19.6 Å². The van der Waals surface area contributed by atoms with Crippen LogP contribution < -0.4 is 9.80 Å². The van der Waals surface area contributed by atoms with Gasteiger partial charge in [-0.3, -0.25) is 9.59 Å². The first kappa shape index (κ1) is 30.3. The van der Waals surface area contributed by atoms with Gasteiger partial charge >= 0.3 is 0 Å². The third-order valence-corrected chi connectivity index (χ3v) is 11.3. The first-order valence-corrected chi connectivity index (χ1v) is 18.0. The number of para-hydroxylation sites is 4. The van der Waals surface area contributed by atoms with Gasteiger partial charge in [0.1, 0.15) is 0 Å². The zero-order valence-electron chi connectivity index (χ0n) is 26.7. The van der Waals surface area contributed by atoms with E-state index >= 15 is 0 Å². The molecule has 0 unspecified atom stereocenters. The molecule has 238 valence electrons. The molecule has 2 aliphatic heterocycles. The normalized spacial score (nSPS) is 12.7. The highest BCUT2D eigenvalue weighted by Gasteiger charge is 2.26. The molecule has 2 aliphatic rings. The molecule has 0 bridgehead atoms. The molecule has 9 rings (SSSR count). The summed E-state index contributed by atoms with van der Waals surface area (Å²) in [5.41, 5.74) is 8.70. The van der Waals surface area contributed by atoms with Gasteiger partial charge in [0, 0.05) is 53.2 Å². The second-order valence-electron chi connectivity index (χ2n) is 12.1. The van der Waals surface area contributed by atoms with E-state index in [1.807, 2.05) is 48.5 Å². The fourth-order valence-corrected chi connectivity index (χ4v) is 8.71. The van der Waals surface area contributed by atoms with Gasteiger partial charge < -0.3 is 9.80 Å². The lowest BCUT2D eigenvalue weighted by atomic mass is 9.98. The number of carbonyl (C=O) groups is 2. The van der Waals surface area contributed by atoms with E-state index in [-0.39, 0.29) is 11.6 Å². The van der Waals surface area contributed by atoms with Crippen molar-refractivity contribution in [3.8, 4) is 0 Å². The molecular weight excluding hydrogens is 653 g/mol. The van der Waals surface area contributed by atoms with Crippen molar-refractivity contribution in [1.82, 2.24) is 0 Å². The molecule has 0 amide bonds. The summed E-state index contributed by atoms with van der Waals surface area (Å²) in [5.74, 6) is -0.176. The first-order valence-electron chi connectivity index (χ1n) is 16.3. The van der Waals surface area contributed by atoms with E-state index in [9.17, 15) is 9.59 Å². The summed E-state index contributed by atoms with van der Waals surface area (Å²) in [5, 5.41) is 0. The summed E-state index contributed by atoms with van der Waals surface area (Å²) in [7, 11) is 0. The highest BCUT2D eigenvalue weighted by atomic mass is 32.2. The molecule has 6 heteroatoms. The maximum absolute atomic E-state index is 13.5. The predicted molar refractivity (Wildman–Crippen MR) is 204 cm³/mol. The Balaban J connectivity index is 0.934. The number of benzene rings is 7. The lowest BCUT2D eigenvalue weighted by Gasteiger charge is -2.32. The monoisotopic (exact) mass is 680 g/mol. The van der Waals surface area contributed by atoms with E-state index in [1.54, 1.807) is 47.8 Å². The molecule has 0 aromatic heterocycles. The van der Waals surface area contributed by atoms with Crippen LogP contribution in [0.15, 0.2) is 189 Å². The number of carbonyl (C=O) groups excluding carboxylic acids is 2. The van der Waals surface area contributed by atoms with Crippen LogP contribution in [0.5, 0.6) is 0 Å². The highest BCUT2D eigenvalue weighted by molar-refractivity contribution is 8.00. The van der Waals surface area contributed by atoms with E-state index < -0.39 is 0 Å². The van der Waals surface area contributed by atoms with Crippen LogP contribution in [0.4, 0.5) is 34.1 Å². The zero-order chi connectivity index (χ0) is 33.6. The van der Waals surface area contributed by atoms with Crippen molar-refractivity contribution in [2.75, 3.05) is 9.80 Å². The number of rotatable bonds is 6. The molecule has 0 aliphatic carbocycles. The van der Waals surface area contributed by atoms with Gasteiger partial charge in [0.05, 0.1) is 22.7 Å². The summed E-state index contributed by atoms with van der Waals surface area (Å²) in [6, 6.07) is 56.0. The van der Waals surface area contributed by atoms with E-state index in [2.05, 4.69) is 107 Å². The van der Waals surface area contributed by atoms with Crippen LogP contribution in [0, 0.1) is 0 Å². The van der Waals surface area contributed by atoms with Crippen molar-refractivity contribution in [3.63, 3.8) is 0 Å². The fourth-order valence-electron chi connectivity index (χ4n) is 6.60. The Morgan fingerprint density at radius 1 is 0.320 bits per heavy atom. The molecule has 4 nitrogen and oxygen atoms in total. The minimum Gasteiger partial charge on any atom is -0.308 e.